The van der Waals surface area contributed by atoms with Crippen LogP contribution in [-0.4, -0.2) is 49.8 Å². The lowest BCUT2D eigenvalue weighted by Crippen LogP contribution is -2.46. The number of benzene rings is 1. The lowest BCUT2D eigenvalue weighted by atomic mass is 9.86. The fourth-order valence-electron chi connectivity index (χ4n) is 4.93. The number of aromatic amines is 1. The number of H-pyrrole nitrogens is 1. The summed E-state index contributed by atoms with van der Waals surface area (Å²) in [5.41, 5.74) is 1.71. The predicted molar refractivity (Wildman–Crippen MR) is 121 cm³/mol. The van der Waals surface area contributed by atoms with Crippen LogP contribution < -0.4 is 5.32 Å². The van der Waals surface area contributed by atoms with Gasteiger partial charge < -0.3 is 15.2 Å². The van der Waals surface area contributed by atoms with Gasteiger partial charge in [0.05, 0.1) is 6.42 Å². The van der Waals surface area contributed by atoms with Crippen LogP contribution in [-0.2, 0) is 9.59 Å². The maximum absolute atomic E-state index is 13.3. The van der Waals surface area contributed by atoms with E-state index >= 15 is 0 Å². The Morgan fingerprint density at radius 1 is 1.13 bits per heavy atom. The van der Waals surface area contributed by atoms with Crippen LogP contribution >= 0.6 is 12.2 Å². The SMILES string of the molecule is CC1CCC(N2C(=S)N(C3CC3)C(=O)C2CC(=O)Nc2ccc3cc[nH]c3c2)CC1. The number of carbonyl (C=O) groups excluding carboxylic acids is 2. The molecule has 5 rings (SSSR count). The van der Waals surface area contributed by atoms with Crippen LogP contribution in [0.15, 0.2) is 30.5 Å². The van der Waals surface area contributed by atoms with Gasteiger partial charge in [0.15, 0.2) is 5.11 Å². The molecule has 2 amide bonds. The van der Waals surface area contributed by atoms with E-state index in [0.717, 1.165) is 61.0 Å². The van der Waals surface area contributed by atoms with Gasteiger partial charge >= 0.3 is 0 Å². The molecule has 0 spiro atoms. The van der Waals surface area contributed by atoms with E-state index in [-0.39, 0.29) is 30.3 Å². The minimum absolute atomic E-state index is 0.0103. The summed E-state index contributed by atoms with van der Waals surface area (Å²) in [4.78, 5) is 33.2. The number of aromatic nitrogens is 1. The van der Waals surface area contributed by atoms with Crippen molar-refractivity contribution in [3.05, 3.63) is 30.5 Å². The first-order valence-electron chi connectivity index (χ1n) is 11.0. The normalized spacial score (nSPS) is 27.2. The van der Waals surface area contributed by atoms with Crippen molar-refractivity contribution in [2.45, 2.75) is 70.0 Å². The fourth-order valence-corrected chi connectivity index (χ4v) is 5.45. The minimum Gasteiger partial charge on any atom is -0.361 e. The molecule has 0 radical (unpaired) electrons. The molecule has 1 unspecified atom stereocenters. The van der Waals surface area contributed by atoms with Gasteiger partial charge in [0.25, 0.3) is 5.91 Å². The van der Waals surface area contributed by atoms with Gasteiger partial charge in [0.1, 0.15) is 6.04 Å². The second-order valence-electron chi connectivity index (χ2n) is 9.09. The Morgan fingerprint density at radius 2 is 1.87 bits per heavy atom. The average Bonchev–Trinajstić information content (AvgIpc) is 3.38. The Kier molecular flexibility index (Phi) is 5.01. The van der Waals surface area contributed by atoms with Crippen molar-refractivity contribution in [2.75, 3.05) is 5.32 Å². The molecule has 1 saturated heterocycles. The van der Waals surface area contributed by atoms with E-state index in [4.69, 9.17) is 12.2 Å². The molecule has 1 aromatic heterocycles. The van der Waals surface area contributed by atoms with Gasteiger partial charge in [0.2, 0.25) is 5.91 Å². The van der Waals surface area contributed by atoms with Crippen molar-refractivity contribution >= 4 is 45.7 Å². The highest BCUT2D eigenvalue weighted by Crippen LogP contribution is 2.38. The summed E-state index contributed by atoms with van der Waals surface area (Å²) in [5.74, 6) is 0.585. The summed E-state index contributed by atoms with van der Waals surface area (Å²) < 4.78 is 0. The lowest BCUT2D eigenvalue weighted by Gasteiger charge is -2.37. The van der Waals surface area contributed by atoms with Gasteiger partial charge in [-0.1, -0.05) is 13.0 Å². The standard InChI is InChI=1S/C23H28N4O2S/c1-14-2-6-17(7-3-14)26-20(22(29)27(23(26)30)18-8-9-18)13-21(28)25-16-5-4-15-10-11-24-19(15)12-16/h4-5,10-12,14,17-18,20,24H,2-3,6-9,13H2,1H3,(H,25,28). The first-order valence-corrected chi connectivity index (χ1v) is 11.4. The zero-order chi connectivity index (χ0) is 20.8. The van der Waals surface area contributed by atoms with Crippen molar-refractivity contribution in [1.29, 1.82) is 0 Å². The molecule has 6 nitrogen and oxygen atoms in total. The number of amides is 2. The van der Waals surface area contributed by atoms with Crippen molar-refractivity contribution in [2.24, 2.45) is 5.92 Å². The molecule has 1 aliphatic heterocycles. The molecule has 7 heteroatoms. The summed E-state index contributed by atoms with van der Waals surface area (Å²) in [5, 5.41) is 4.72. The molecule has 2 N–H and O–H groups in total. The van der Waals surface area contributed by atoms with E-state index in [2.05, 4.69) is 22.1 Å². The smallest absolute Gasteiger partial charge is 0.252 e. The van der Waals surface area contributed by atoms with Gasteiger partial charge in [-0.05, 0) is 80.2 Å². The highest BCUT2D eigenvalue weighted by Gasteiger charge is 2.51. The Hall–Kier alpha value is -2.41. The number of thiocarbonyl (C=S) groups is 1. The monoisotopic (exact) mass is 424 g/mol. The van der Waals surface area contributed by atoms with Crippen LogP contribution in [0.25, 0.3) is 10.9 Å². The first-order chi connectivity index (χ1) is 14.5. The third kappa shape index (κ3) is 3.60. The summed E-state index contributed by atoms with van der Waals surface area (Å²) in [6.45, 7) is 2.28. The maximum atomic E-state index is 13.3. The Morgan fingerprint density at radius 3 is 2.60 bits per heavy atom. The van der Waals surface area contributed by atoms with E-state index in [1.807, 2.05) is 30.5 Å². The molecular weight excluding hydrogens is 396 g/mol. The molecule has 1 atom stereocenters. The Balaban J connectivity index is 1.33. The predicted octanol–water partition coefficient (Wildman–Crippen LogP) is 4.04. The number of rotatable bonds is 5. The van der Waals surface area contributed by atoms with Gasteiger partial charge in [-0.15, -0.1) is 0 Å². The van der Waals surface area contributed by atoms with Crippen LogP contribution in [0.3, 0.4) is 0 Å². The van der Waals surface area contributed by atoms with Crippen molar-refractivity contribution in [3.8, 4) is 0 Å². The van der Waals surface area contributed by atoms with Crippen LogP contribution in [0.4, 0.5) is 5.69 Å². The summed E-state index contributed by atoms with van der Waals surface area (Å²) in [7, 11) is 0. The number of carbonyl (C=O) groups is 2. The Bertz CT molecular complexity index is 990. The fraction of sp³-hybridized carbons (Fsp3) is 0.522. The molecule has 2 saturated carbocycles. The number of nitrogens with one attached hydrogen (secondary N) is 2. The number of hydrogen-bond donors (Lipinski definition) is 2. The van der Waals surface area contributed by atoms with Crippen molar-refractivity contribution in [1.82, 2.24) is 14.8 Å². The van der Waals surface area contributed by atoms with Crippen LogP contribution in [0.2, 0.25) is 0 Å². The zero-order valence-electron chi connectivity index (χ0n) is 17.3. The van der Waals surface area contributed by atoms with E-state index in [1.54, 1.807) is 4.90 Å². The molecule has 30 heavy (non-hydrogen) atoms. The zero-order valence-corrected chi connectivity index (χ0v) is 18.1. The van der Waals surface area contributed by atoms with Crippen LogP contribution in [0.1, 0.15) is 51.9 Å². The average molecular weight is 425 g/mol. The summed E-state index contributed by atoms with van der Waals surface area (Å²) in [6, 6.07) is 7.80. The van der Waals surface area contributed by atoms with E-state index in [1.165, 1.54) is 0 Å². The second kappa shape index (κ2) is 7.69. The minimum atomic E-state index is -0.481. The number of anilines is 1. The molecule has 1 aromatic carbocycles. The molecule has 2 heterocycles. The van der Waals surface area contributed by atoms with Crippen LogP contribution in [0, 0.1) is 5.92 Å². The summed E-state index contributed by atoms with van der Waals surface area (Å²) in [6.07, 6.45) is 8.41. The van der Waals surface area contributed by atoms with Gasteiger partial charge in [-0.2, -0.15) is 0 Å². The largest absolute Gasteiger partial charge is 0.361 e. The molecule has 2 aliphatic carbocycles. The van der Waals surface area contributed by atoms with E-state index < -0.39 is 6.04 Å². The van der Waals surface area contributed by atoms with Gasteiger partial charge in [-0.3, -0.25) is 14.5 Å². The quantitative estimate of drug-likeness (QED) is 0.711. The highest BCUT2D eigenvalue weighted by molar-refractivity contribution is 7.80. The molecule has 158 valence electrons. The highest BCUT2D eigenvalue weighted by atomic mass is 32.1. The maximum Gasteiger partial charge on any atom is 0.252 e. The molecule has 0 bridgehead atoms. The lowest BCUT2D eigenvalue weighted by molar-refractivity contribution is -0.131. The molecule has 3 fully saturated rings. The third-order valence-electron chi connectivity index (χ3n) is 6.79. The van der Waals surface area contributed by atoms with Crippen molar-refractivity contribution < 1.29 is 9.59 Å². The topological polar surface area (TPSA) is 68.4 Å². The number of nitrogens with zero attached hydrogens (tertiary/aromatic N) is 2. The third-order valence-corrected chi connectivity index (χ3v) is 7.20. The van der Waals surface area contributed by atoms with Gasteiger partial charge in [-0.25, -0.2) is 0 Å². The number of hydrogen-bond acceptors (Lipinski definition) is 3. The second-order valence-corrected chi connectivity index (χ2v) is 9.46. The van der Waals surface area contributed by atoms with E-state index in [9.17, 15) is 9.59 Å². The number of fused-ring (bicyclic) bond motifs is 1. The summed E-state index contributed by atoms with van der Waals surface area (Å²) >= 11 is 5.76. The van der Waals surface area contributed by atoms with E-state index in [0.29, 0.717) is 5.11 Å². The van der Waals surface area contributed by atoms with Crippen molar-refractivity contribution in [3.63, 3.8) is 0 Å². The molecule has 2 aromatic rings. The molecule has 3 aliphatic rings. The molecular formula is C23H28N4O2S. The van der Waals surface area contributed by atoms with Crippen LogP contribution in [0.5, 0.6) is 0 Å². The Labute approximate surface area is 182 Å². The first kappa shape index (κ1) is 19.5. The van der Waals surface area contributed by atoms with Gasteiger partial charge in [0, 0.05) is 29.5 Å².